The Kier molecular flexibility index (Phi) is 4.55. The molecule has 0 spiro atoms. The minimum atomic E-state index is 0.562. The summed E-state index contributed by atoms with van der Waals surface area (Å²) in [5, 5.41) is 3.59. The average molecular weight is 252 g/mol. The first-order valence-corrected chi connectivity index (χ1v) is 8.01. The van der Waals surface area contributed by atoms with Gasteiger partial charge in [-0.15, -0.1) is 0 Å². The van der Waals surface area contributed by atoms with Gasteiger partial charge in [-0.3, -0.25) is 4.90 Å². The molecule has 3 aliphatic rings. The standard InChI is InChI=1S/C15H28N2O/c1(3-9-16-13-5-6-13)2-4-10-17-11-14-7-8-15(12-17)18-14/h13-16H,1-12H2. The first-order chi connectivity index (χ1) is 8.90. The Morgan fingerprint density at radius 3 is 2.33 bits per heavy atom. The summed E-state index contributed by atoms with van der Waals surface area (Å²) < 4.78 is 5.87. The van der Waals surface area contributed by atoms with Crippen LogP contribution in [0.1, 0.15) is 51.4 Å². The zero-order valence-corrected chi connectivity index (χ0v) is 11.6. The van der Waals surface area contributed by atoms with Crippen LogP contribution in [0, 0.1) is 0 Å². The Morgan fingerprint density at radius 2 is 1.61 bits per heavy atom. The number of nitrogens with one attached hydrogen (secondary N) is 1. The SMILES string of the molecule is C(CCCN1CC2CCC(C1)O2)CCNC1CC1. The van der Waals surface area contributed by atoms with E-state index in [1.54, 1.807) is 0 Å². The second-order valence-corrected chi connectivity index (χ2v) is 6.36. The van der Waals surface area contributed by atoms with Gasteiger partial charge in [-0.05, 0) is 51.6 Å². The molecule has 0 radical (unpaired) electrons. The van der Waals surface area contributed by atoms with E-state index in [9.17, 15) is 0 Å². The van der Waals surface area contributed by atoms with Crippen molar-refractivity contribution in [2.75, 3.05) is 26.2 Å². The topological polar surface area (TPSA) is 24.5 Å². The van der Waals surface area contributed by atoms with Crippen molar-refractivity contribution in [2.24, 2.45) is 0 Å². The highest BCUT2D eigenvalue weighted by Crippen LogP contribution is 2.26. The summed E-state index contributed by atoms with van der Waals surface area (Å²) in [7, 11) is 0. The van der Waals surface area contributed by atoms with Crippen LogP contribution in [0.3, 0.4) is 0 Å². The smallest absolute Gasteiger partial charge is 0.0707 e. The van der Waals surface area contributed by atoms with E-state index in [1.807, 2.05) is 0 Å². The van der Waals surface area contributed by atoms with Crippen molar-refractivity contribution in [3.05, 3.63) is 0 Å². The molecule has 1 N–H and O–H groups in total. The highest BCUT2D eigenvalue weighted by Gasteiger charge is 2.33. The summed E-state index contributed by atoms with van der Waals surface area (Å²) >= 11 is 0. The molecule has 2 unspecified atom stereocenters. The third-order valence-electron chi connectivity index (χ3n) is 4.53. The van der Waals surface area contributed by atoms with E-state index in [1.165, 1.54) is 77.5 Å². The van der Waals surface area contributed by atoms with Crippen LogP contribution in [0.2, 0.25) is 0 Å². The van der Waals surface area contributed by atoms with E-state index in [2.05, 4.69) is 10.2 Å². The molecule has 1 aliphatic carbocycles. The molecule has 0 aromatic rings. The number of fused-ring (bicyclic) bond motifs is 2. The predicted octanol–water partition coefficient (Wildman–Crippen LogP) is 2.16. The van der Waals surface area contributed by atoms with E-state index in [-0.39, 0.29) is 0 Å². The minimum Gasteiger partial charge on any atom is -0.372 e. The number of likely N-dealkylation sites (tertiary alicyclic amines) is 1. The summed E-state index contributed by atoms with van der Waals surface area (Å²) in [6.45, 7) is 4.93. The van der Waals surface area contributed by atoms with Gasteiger partial charge in [0.15, 0.2) is 0 Å². The summed E-state index contributed by atoms with van der Waals surface area (Å²) in [5.74, 6) is 0. The summed E-state index contributed by atoms with van der Waals surface area (Å²) in [4.78, 5) is 2.63. The van der Waals surface area contributed by atoms with E-state index < -0.39 is 0 Å². The van der Waals surface area contributed by atoms with Crippen molar-refractivity contribution < 1.29 is 4.74 Å². The molecule has 1 saturated carbocycles. The van der Waals surface area contributed by atoms with Crippen LogP contribution < -0.4 is 5.32 Å². The first-order valence-electron chi connectivity index (χ1n) is 8.01. The number of hydrogen-bond donors (Lipinski definition) is 1. The lowest BCUT2D eigenvalue weighted by Gasteiger charge is -2.32. The van der Waals surface area contributed by atoms with Gasteiger partial charge >= 0.3 is 0 Å². The maximum Gasteiger partial charge on any atom is 0.0707 e. The van der Waals surface area contributed by atoms with Crippen LogP contribution in [-0.2, 0) is 4.74 Å². The molecule has 2 heterocycles. The van der Waals surface area contributed by atoms with Crippen molar-refractivity contribution >= 4 is 0 Å². The van der Waals surface area contributed by atoms with Crippen LogP contribution in [0.15, 0.2) is 0 Å². The summed E-state index contributed by atoms with van der Waals surface area (Å²) in [6, 6.07) is 0.883. The van der Waals surface area contributed by atoms with Crippen molar-refractivity contribution in [1.29, 1.82) is 0 Å². The Bertz CT molecular complexity index is 243. The first kappa shape index (κ1) is 12.9. The third kappa shape index (κ3) is 3.94. The Morgan fingerprint density at radius 1 is 0.889 bits per heavy atom. The maximum atomic E-state index is 5.87. The second-order valence-electron chi connectivity index (χ2n) is 6.36. The highest BCUT2D eigenvalue weighted by molar-refractivity contribution is 4.84. The lowest BCUT2D eigenvalue weighted by Crippen LogP contribution is -2.42. The molecule has 2 atom stereocenters. The number of unbranched alkanes of at least 4 members (excludes halogenated alkanes) is 3. The van der Waals surface area contributed by atoms with Gasteiger partial charge in [0.1, 0.15) is 0 Å². The molecule has 2 aliphatic heterocycles. The fourth-order valence-electron chi connectivity index (χ4n) is 3.29. The van der Waals surface area contributed by atoms with Crippen molar-refractivity contribution in [1.82, 2.24) is 10.2 Å². The summed E-state index contributed by atoms with van der Waals surface area (Å²) in [5.41, 5.74) is 0. The number of ether oxygens (including phenoxy) is 1. The third-order valence-corrected chi connectivity index (χ3v) is 4.53. The Balaban J connectivity index is 1.18. The molecule has 18 heavy (non-hydrogen) atoms. The monoisotopic (exact) mass is 252 g/mol. The van der Waals surface area contributed by atoms with Crippen LogP contribution in [0.4, 0.5) is 0 Å². The molecule has 3 fully saturated rings. The van der Waals surface area contributed by atoms with Crippen LogP contribution in [0.25, 0.3) is 0 Å². The number of nitrogens with zero attached hydrogens (tertiary/aromatic N) is 1. The van der Waals surface area contributed by atoms with Crippen LogP contribution in [0.5, 0.6) is 0 Å². The largest absolute Gasteiger partial charge is 0.372 e. The molecule has 0 aromatic carbocycles. The number of rotatable bonds is 8. The van der Waals surface area contributed by atoms with E-state index in [0.29, 0.717) is 12.2 Å². The second kappa shape index (κ2) is 6.36. The fourth-order valence-corrected chi connectivity index (χ4v) is 3.29. The van der Waals surface area contributed by atoms with Gasteiger partial charge < -0.3 is 10.1 Å². The van der Waals surface area contributed by atoms with Crippen LogP contribution >= 0.6 is 0 Å². The quantitative estimate of drug-likeness (QED) is 0.670. The lowest BCUT2D eigenvalue weighted by molar-refractivity contribution is -0.0385. The van der Waals surface area contributed by atoms with Gasteiger partial charge in [-0.25, -0.2) is 0 Å². The zero-order valence-electron chi connectivity index (χ0n) is 11.6. The molecular formula is C15H28N2O. The lowest BCUT2D eigenvalue weighted by atomic mass is 10.1. The minimum absolute atomic E-state index is 0.562. The van der Waals surface area contributed by atoms with Gasteiger partial charge in [0, 0.05) is 19.1 Å². The molecule has 0 aromatic heterocycles. The van der Waals surface area contributed by atoms with Gasteiger partial charge in [-0.1, -0.05) is 12.8 Å². The van der Waals surface area contributed by atoms with Crippen molar-refractivity contribution in [3.63, 3.8) is 0 Å². The molecule has 0 amide bonds. The normalized spacial score (nSPS) is 32.0. The van der Waals surface area contributed by atoms with Crippen LogP contribution in [-0.4, -0.2) is 49.3 Å². The van der Waals surface area contributed by atoms with E-state index >= 15 is 0 Å². The fraction of sp³-hybridized carbons (Fsp3) is 1.00. The van der Waals surface area contributed by atoms with Crippen molar-refractivity contribution in [3.8, 4) is 0 Å². The molecule has 3 nitrogen and oxygen atoms in total. The summed E-state index contributed by atoms with van der Waals surface area (Å²) in [6.07, 6.45) is 12.1. The zero-order chi connectivity index (χ0) is 12.2. The average Bonchev–Trinajstić information content (AvgIpc) is 3.14. The Labute approximate surface area is 111 Å². The molecule has 3 rings (SSSR count). The van der Waals surface area contributed by atoms with Crippen molar-refractivity contribution in [2.45, 2.75) is 69.6 Å². The van der Waals surface area contributed by atoms with E-state index in [0.717, 1.165) is 6.04 Å². The maximum absolute atomic E-state index is 5.87. The molecule has 2 saturated heterocycles. The highest BCUT2D eigenvalue weighted by atomic mass is 16.5. The molecule has 3 heteroatoms. The van der Waals surface area contributed by atoms with Gasteiger partial charge in [0.25, 0.3) is 0 Å². The predicted molar refractivity (Wildman–Crippen MR) is 73.8 cm³/mol. The van der Waals surface area contributed by atoms with E-state index in [4.69, 9.17) is 4.74 Å². The molecule has 104 valence electrons. The Hall–Kier alpha value is -0.120. The molecule has 2 bridgehead atoms. The van der Waals surface area contributed by atoms with Gasteiger partial charge in [0.05, 0.1) is 12.2 Å². The number of morpholine rings is 1. The number of hydrogen-bond acceptors (Lipinski definition) is 3. The van der Waals surface area contributed by atoms with Gasteiger partial charge in [0.2, 0.25) is 0 Å². The molecular weight excluding hydrogens is 224 g/mol. The van der Waals surface area contributed by atoms with Gasteiger partial charge in [-0.2, -0.15) is 0 Å².